The smallest absolute Gasteiger partial charge is 0.273 e. The highest BCUT2D eigenvalue weighted by molar-refractivity contribution is 5.79. The fourth-order valence-corrected chi connectivity index (χ4v) is 3.36. The maximum Gasteiger partial charge on any atom is 0.273 e. The van der Waals surface area contributed by atoms with Gasteiger partial charge in [-0.3, -0.25) is 19.8 Å². The Hall–Kier alpha value is -2.73. The summed E-state index contributed by atoms with van der Waals surface area (Å²) < 4.78 is 0. The standard InChI is InChI=1S/C20H23N3O3/c1-15(22-11-10-16-6-2-3-8-18(16)14-22)13-21-20(24)12-17-7-4-5-9-19(17)23(25)26/h2-9,15H,10-14H2,1H3,(H,21,24). The molecule has 0 radical (unpaired) electrons. The van der Waals surface area contributed by atoms with Crippen molar-refractivity contribution in [2.45, 2.75) is 32.4 Å². The number of fused-ring (bicyclic) bond motifs is 1. The molecule has 3 rings (SSSR count). The van der Waals surface area contributed by atoms with Crippen LogP contribution in [0.15, 0.2) is 48.5 Å². The third-order valence-electron chi connectivity index (χ3n) is 4.92. The minimum absolute atomic E-state index is 0.0108. The molecule has 0 fully saturated rings. The molecule has 2 aromatic carbocycles. The van der Waals surface area contributed by atoms with Crippen LogP contribution >= 0.6 is 0 Å². The first-order chi connectivity index (χ1) is 12.5. The number of hydrogen-bond donors (Lipinski definition) is 1. The lowest BCUT2D eigenvalue weighted by molar-refractivity contribution is -0.385. The Kier molecular flexibility index (Phi) is 5.63. The third-order valence-corrected chi connectivity index (χ3v) is 4.92. The quantitative estimate of drug-likeness (QED) is 0.640. The van der Waals surface area contributed by atoms with E-state index in [2.05, 4.69) is 41.4 Å². The summed E-state index contributed by atoms with van der Waals surface area (Å²) in [5, 5.41) is 14.0. The van der Waals surface area contributed by atoms with Gasteiger partial charge in [0.25, 0.3) is 5.69 Å². The Morgan fingerprint density at radius 1 is 1.19 bits per heavy atom. The lowest BCUT2D eigenvalue weighted by Crippen LogP contribution is -2.44. The van der Waals surface area contributed by atoms with Gasteiger partial charge in [0.15, 0.2) is 0 Å². The van der Waals surface area contributed by atoms with Crippen molar-refractivity contribution in [2.75, 3.05) is 13.1 Å². The number of carbonyl (C=O) groups is 1. The molecule has 0 aromatic heterocycles. The molecule has 1 unspecified atom stereocenters. The zero-order valence-corrected chi connectivity index (χ0v) is 14.9. The highest BCUT2D eigenvalue weighted by Crippen LogP contribution is 2.20. The van der Waals surface area contributed by atoms with E-state index in [4.69, 9.17) is 0 Å². The molecule has 26 heavy (non-hydrogen) atoms. The van der Waals surface area contributed by atoms with Gasteiger partial charge in [0.05, 0.1) is 11.3 Å². The molecule has 0 saturated heterocycles. The molecule has 0 saturated carbocycles. The fourth-order valence-electron chi connectivity index (χ4n) is 3.36. The van der Waals surface area contributed by atoms with Crippen LogP contribution in [0.4, 0.5) is 5.69 Å². The van der Waals surface area contributed by atoms with Gasteiger partial charge in [-0.05, 0) is 24.5 Å². The average molecular weight is 353 g/mol. The van der Waals surface area contributed by atoms with Crippen LogP contribution in [0, 0.1) is 10.1 Å². The fraction of sp³-hybridized carbons (Fsp3) is 0.350. The van der Waals surface area contributed by atoms with E-state index in [9.17, 15) is 14.9 Å². The second-order valence-electron chi connectivity index (χ2n) is 6.70. The van der Waals surface area contributed by atoms with Crippen molar-refractivity contribution in [3.63, 3.8) is 0 Å². The number of para-hydroxylation sites is 1. The van der Waals surface area contributed by atoms with Gasteiger partial charge in [-0.2, -0.15) is 0 Å². The van der Waals surface area contributed by atoms with Gasteiger partial charge in [-0.15, -0.1) is 0 Å². The Bertz CT molecular complexity index is 806. The van der Waals surface area contributed by atoms with Crippen LogP contribution in [-0.4, -0.2) is 34.9 Å². The maximum absolute atomic E-state index is 12.2. The van der Waals surface area contributed by atoms with Crippen LogP contribution in [-0.2, 0) is 24.2 Å². The summed E-state index contributed by atoms with van der Waals surface area (Å²) in [7, 11) is 0. The normalized spacial score (nSPS) is 15.1. The molecule has 1 aliphatic heterocycles. The molecule has 136 valence electrons. The number of nitro groups is 1. The zero-order valence-electron chi connectivity index (χ0n) is 14.9. The van der Waals surface area contributed by atoms with Crippen molar-refractivity contribution < 1.29 is 9.72 Å². The number of hydrogen-bond acceptors (Lipinski definition) is 4. The van der Waals surface area contributed by atoms with E-state index in [0.29, 0.717) is 12.1 Å². The van der Waals surface area contributed by atoms with E-state index >= 15 is 0 Å². The van der Waals surface area contributed by atoms with Crippen LogP contribution in [0.2, 0.25) is 0 Å². The van der Waals surface area contributed by atoms with Crippen molar-refractivity contribution in [3.8, 4) is 0 Å². The molecule has 1 N–H and O–H groups in total. The molecule has 2 aromatic rings. The predicted octanol–water partition coefficient (Wildman–Crippen LogP) is 2.70. The highest BCUT2D eigenvalue weighted by Gasteiger charge is 2.21. The lowest BCUT2D eigenvalue weighted by atomic mass is 9.99. The molecule has 6 nitrogen and oxygen atoms in total. The van der Waals surface area contributed by atoms with Gasteiger partial charge in [0.2, 0.25) is 5.91 Å². The number of nitro benzene ring substituents is 1. The molecule has 6 heteroatoms. The van der Waals surface area contributed by atoms with Crippen molar-refractivity contribution in [2.24, 2.45) is 0 Å². The molecule has 1 amide bonds. The van der Waals surface area contributed by atoms with Gasteiger partial charge in [0, 0.05) is 37.3 Å². The summed E-state index contributed by atoms with van der Waals surface area (Å²) in [6.45, 7) is 4.48. The SMILES string of the molecule is CC(CNC(=O)Cc1ccccc1[N+](=O)[O-])N1CCc2ccccc2C1. The number of benzene rings is 2. The maximum atomic E-state index is 12.2. The minimum Gasteiger partial charge on any atom is -0.354 e. The van der Waals surface area contributed by atoms with Gasteiger partial charge >= 0.3 is 0 Å². The molecule has 0 bridgehead atoms. The van der Waals surface area contributed by atoms with Gasteiger partial charge < -0.3 is 5.32 Å². The lowest BCUT2D eigenvalue weighted by Gasteiger charge is -2.33. The molecule has 1 atom stereocenters. The van der Waals surface area contributed by atoms with Crippen LogP contribution in [0.3, 0.4) is 0 Å². The van der Waals surface area contributed by atoms with E-state index in [1.54, 1.807) is 18.2 Å². The second-order valence-corrected chi connectivity index (χ2v) is 6.70. The summed E-state index contributed by atoms with van der Waals surface area (Å²) in [5.74, 6) is -0.191. The minimum atomic E-state index is -0.448. The topological polar surface area (TPSA) is 75.5 Å². The second kappa shape index (κ2) is 8.10. The first kappa shape index (κ1) is 18.1. The molecule has 0 aliphatic carbocycles. The van der Waals surface area contributed by atoms with Crippen LogP contribution in [0.5, 0.6) is 0 Å². The number of amides is 1. The predicted molar refractivity (Wildman–Crippen MR) is 99.8 cm³/mol. The number of nitrogens with zero attached hydrogens (tertiary/aromatic N) is 2. The molecule has 1 heterocycles. The van der Waals surface area contributed by atoms with Crippen molar-refractivity contribution in [1.82, 2.24) is 10.2 Å². The first-order valence-corrected chi connectivity index (χ1v) is 8.84. The summed E-state index contributed by atoms with van der Waals surface area (Å²) in [6, 6.07) is 15.0. The first-order valence-electron chi connectivity index (χ1n) is 8.84. The van der Waals surface area contributed by atoms with E-state index in [-0.39, 0.29) is 24.1 Å². The Morgan fingerprint density at radius 3 is 2.65 bits per heavy atom. The Morgan fingerprint density at radius 2 is 1.88 bits per heavy atom. The van der Waals surface area contributed by atoms with Crippen LogP contribution in [0.25, 0.3) is 0 Å². The summed E-state index contributed by atoms with van der Waals surface area (Å²) >= 11 is 0. The molecular formula is C20H23N3O3. The summed E-state index contributed by atoms with van der Waals surface area (Å²) in [5.41, 5.74) is 3.17. The van der Waals surface area contributed by atoms with E-state index in [1.807, 2.05) is 0 Å². The van der Waals surface area contributed by atoms with E-state index in [0.717, 1.165) is 19.5 Å². The average Bonchev–Trinajstić information content (AvgIpc) is 2.66. The van der Waals surface area contributed by atoms with Gasteiger partial charge in [-0.25, -0.2) is 0 Å². The Labute approximate surface area is 153 Å². The number of nitrogens with one attached hydrogen (secondary N) is 1. The molecular weight excluding hydrogens is 330 g/mol. The largest absolute Gasteiger partial charge is 0.354 e. The van der Waals surface area contributed by atoms with E-state index in [1.165, 1.54) is 17.2 Å². The highest BCUT2D eigenvalue weighted by atomic mass is 16.6. The van der Waals surface area contributed by atoms with Gasteiger partial charge in [0.1, 0.15) is 0 Å². The summed E-state index contributed by atoms with van der Waals surface area (Å²) in [6.07, 6.45) is 1.04. The number of carbonyl (C=O) groups excluding carboxylic acids is 1. The van der Waals surface area contributed by atoms with Crippen molar-refractivity contribution in [3.05, 3.63) is 75.3 Å². The monoisotopic (exact) mass is 353 g/mol. The van der Waals surface area contributed by atoms with Crippen LogP contribution < -0.4 is 5.32 Å². The Balaban J connectivity index is 1.53. The van der Waals surface area contributed by atoms with Crippen LogP contribution in [0.1, 0.15) is 23.6 Å². The molecule has 1 aliphatic rings. The third kappa shape index (κ3) is 4.26. The summed E-state index contributed by atoms with van der Waals surface area (Å²) in [4.78, 5) is 25.2. The molecule has 0 spiro atoms. The zero-order chi connectivity index (χ0) is 18.5. The van der Waals surface area contributed by atoms with Gasteiger partial charge in [-0.1, -0.05) is 42.5 Å². The van der Waals surface area contributed by atoms with Crippen molar-refractivity contribution >= 4 is 11.6 Å². The van der Waals surface area contributed by atoms with Crippen molar-refractivity contribution in [1.29, 1.82) is 0 Å². The van der Waals surface area contributed by atoms with E-state index < -0.39 is 4.92 Å². The number of rotatable bonds is 6.